The second-order valence-electron chi connectivity index (χ2n) is 4.96. The zero-order chi connectivity index (χ0) is 14.5. The fourth-order valence-electron chi connectivity index (χ4n) is 2.05. The first-order chi connectivity index (χ1) is 9.58. The van der Waals surface area contributed by atoms with E-state index in [1.165, 1.54) is 5.56 Å². The van der Waals surface area contributed by atoms with Gasteiger partial charge in [0.05, 0.1) is 10.0 Å². The van der Waals surface area contributed by atoms with Crippen molar-refractivity contribution in [2.75, 3.05) is 19.4 Å². The fourth-order valence-corrected chi connectivity index (χ4v) is 2.43. The van der Waals surface area contributed by atoms with Gasteiger partial charge in [-0.2, -0.15) is 0 Å². The van der Waals surface area contributed by atoms with Gasteiger partial charge in [-0.1, -0.05) is 53.5 Å². The van der Waals surface area contributed by atoms with Gasteiger partial charge in [-0.05, 0) is 37.4 Å². The monoisotopic (exact) mass is 308 g/mol. The van der Waals surface area contributed by atoms with Gasteiger partial charge in [0.1, 0.15) is 0 Å². The van der Waals surface area contributed by atoms with Gasteiger partial charge in [0.25, 0.3) is 0 Å². The van der Waals surface area contributed by atoms with E-state index < -0.39 is 0 Å². The molecule has 0 saturated heterocycles. The average Bonchev–Trinajstić information content (AvgIpc) is 2.41. The van der Waals surface area contributed by atoms with Gasteiger partial charge >= 0.3 is 0 Å². The van der Waals surface area contributed by atoms with Crippen molar-refractivity contribution < 1.29 is 0 Å². The Balaban J connectivity index is 2.13. The summed E-state index contributed by atoms with van der Waals surface area (Å²) in [5.41, 5.74) is 3.38. The first-order valence-electron chi connectivity index (χ1n) is 6.47. The lowest BCUT2D eigenvalue weighted by Gasteiger charge is -2.16. The number of anilines is 1. The fraction of sp³-hybridized carbons (Fsp3) is 0.250. The lowest BCUT2D eigenvalue weighted by Crippen LogP contribution is -2.13. The molecule has 0 aliphatic carbocycles. The highest BCUT2D eigenvalue weighted by atomic mass is 35.5. The van der Waals surface area contributed by atoms with Crippen molar-refractivity contribution in [3.63, 3.8) is 0 Å². The third-order valence-electron chi connectivity index (χ3n) is 3.00. The Morgan fingerprint density at radius 2 is 1.65 bits per heavy atom. The molecule has 1 N–H and O–H groups in total. The quantitative estimate of drug-likeness (QED) is 0.863. The maximum Gasteiger partial charge on any atom is 0.0642 e. The molecular formula is C16H18Cl2N2. The first-order valence-corrected chi connectivity index (χ1v) is 7.23. The lowest BCUT2D eigenvalue weighted by atomic mass is 10.1. The molecule has 2 nitrogen and oxygen atoms in total. The van der Waals surface area contributed by atoms with E-state index in [4.69, 9.17) is 23.2 Å². The van der Waals surface area contributed by atoms with Crippen molar-refractivity contribution in [3.05, 3.63) is 63.6 Å². The average molecular weight is 309 g/mol. The number of para-hydroxylation sites is 1. The SMILES string of the molecule is CN(C)Cc1ccccc1NCc1cccc(Cl)c1Cl. The van der Waals surface area contributed by atoms with Gasteiger partial charge in [-0.25, -0.2) is 0 Å². The Labute approximate surface area is 130 Å². The van der Waals surface area contributed by atoms with Crippen LogP contribution in [0.2, 0.25) is 10.0 Å². The highest BCUT2D eigenvalue weighted by Crippen LogP contribution is 2.26. The standard InChI is InChI=1S/C16H18Cl2N2/c1-20(2)11-13-6-3-4-9-15(13)19-10-12-7-5-8-14(17)16(12)18/h3-9,19H,10-11H2,1-2H3. The van der Waals surface area contributed by atoms with E-state index in [0.29, 0.717) is 16.6 Å². The zero-order valence-corrected chi connectivity index (χ0v) is 13.2. The molecule has 0 unspecified atom stereocenters. The number of nitrogens with one attached hydrogen (secondary N) is 1. The number of rotatable bonds is 5. The molecule has 0 bridgehead atoms. The third-order valence-corrected chi connectivity index (χ3v) is 3.86. The van der Waals surface area contributed by atoms with E-state index >= 15 is 0 Å². The Morgan fingerprint density at radius 3 is 2.40 bits per heavy atom. The Morgan fingerprint density at radius 1 is 0.950 bits per heavy atom. The topological polar surface area (TPSA) is 15.3 Å². The summed E-state index contributed by atoms with van der Waals surface area (Å²) in [5.74, 6) is 0. The third kappa shape index (κ3) is 3.89. The smallest absolute Gasteiger partial charge is 0.0642 e. The molecule has 0 heterocycles. The van der Waals surface area contributed by atoms with Crippen LogP contribution in [0.1, 0.15) is 11.1 Å². The molecule has 2 aromatic rings. The molecule has 0 fully saturated rings. The van der Waals surface area contributed by atoms with Gasteiger partial charge in [0, 0.05) is 18.8 Å². The molecule has 0 amide bonds. The predicted octanol–water partition coefficient (Wildman–Crippen LogP) is 4.67. The zero-order valence-electron chi connectivity index (χ0n) is 11.7. The summed E-state index contributed by atoms with van der Waals surface area (Å²) in [4.78, 5) is 2.15. The van der Waals surface area contributed by atoms with Gasteiger partial charge in [-0.3, -0.25) is 0 Å². The molecule has 0 radical (unpaired) electrons. The van der Waals surface area contributed by atoms with Gasteiger partial charge in [0.15, 0.2) is 0 Å². The van der Waals surface area contributed by atoms with Crippen LogP contribution in [0.4, 0.5) is 5.69 Å². The number of hydrogen-bond acceptors (Lipinski definition) is 2. The molecule has 2 rings (SSSR count). The Kier molecular flexibility index (Phi) is 5.30. The minimum absolute atomic E-state index is 0.590. The number of hydrogen-bond donors (Lipinski definition) is 1. The summed E-state index contributed by atoms with van der Waals surface area (Å²) in [6.45, 7) is 1.55. The Bertz CT molecular complexity index is 582. The van der Waals surface area contributed by atoms with Gasteiger partial charge in [0.2, 0.25) is 0 Å². The normalized spacial score (nSPS) is 10.8. The van der Waals surface area contributed by atoms with E-state index in [1.807, 2.05) is 18.2 Å². The summed E-state index contributed by atoms with van der Waals surface area (Å²) in [7, 11) is 4.12. The molecule has 0 aliphatic heterocycles. The van der Waals surface area contributed by atoms with Crippen molar-refractivity contribution in [3.8, 4) is 0 Å². The van der Waals surface area contributed by atoms with Crippen LogP contribution >= 0.6 is 23.2 Å². The summed E-state index contributed by atoms with van der Waals surface area (Å²) in [5, 5.41) is 4.64. The van der Waals surface area contributed by atoms with Crippen LogP contribution < -0.4 is 5.32 Å². The van der Waals surface area contributed by atoms with E-state index in [0.717, 1.165) is 17.8 Å². The van der Waals surface area contributed by atoms with Crippen LogP contribution in [0.15, 0.2) is 42.5 Å². The van der Waals surface area contributed by atoms with Gasteiger partial charge in [-0.15, -0.1) is 0 Å². The second-order valence-corrected chi connectivity index (χ2v) is 5.75. The van der Waals surface area contributed by atoms with Crippen LogP contribution in [-0.4, -0.2) is 19.0 Å². The molecule has 4 heteroatoms. The van der Waals surface area contributed by atoms with E-state index in [-0.39, 0.29) is 0 Å². The maximum atomic E-state index is 6.20. The molecular weight excluding hydrogens is 291 g/mol. The van der Waals surface area contributed by atoms with E-state index in [2.05, 4.69) is 42.5 Å². The van der Waals surface area contributed by atoms with Crippen LogP contribution in [0, 0.1) is 0 Å². The summed E-state index contributed by atoms with van der Waals surface area (Å²) < 4.78 is 0. The lowest BCUT2D eigenvalue weighted by molar-refractivity contribution is 0.403. The van der Waals surface area contributed by atoms with Crippen LogP contribution in [0.5, 0.6) is 0 Å². The van der Waals surface area contributed by atoms with Crippen LogP contribution in [-0.2, 0) is 13.1 Å². The highest BCUT2D eigenvalue weighted by molar-refractivity contribution is 6.42. The first kappa shape index (κ1) is 15.2. The largest absolute Gasteiger partial charge is 0.381 e. The number of nitrogens with zero attached hydrogens (tertiary/aromatic N) is 1. The number of benzene rings is 2. The number of halogens is 2. The van der Waals surface area contributed by atoms with Crippen molar-refractivity contribution in [2.24, 2.45) is 0 Å². The molecule has 0 saturated carbocycles. The van der Waals surface area contributed by atoms with Gasteiger partial charge < -0.3 is 10.2 Å². The van der Waals surface area contributed by atoms with Crippen molar-refractivity contribution in [2.45, 2.75) is 13.1 Å². The molecule has 0 aliphatic rings. The van der Waals surface area contributed by atoms with Crippen LogP contribution in [0.25, 0.3) is 0 Å². The van der Waals surface area contributed by atoms with E-state index in [1.54, 1.807) is 6.07 Å². The summed E-state index contributed by atoms with van der Waals surface area (Å²) in [6.07, 6.45) is 0. The summed E-state index contributed by atoms with van der Waals surface area (Å²) in [6, 6.07) is 14.0. The van der Waals surface area contributed by atoms with Crippen molar-refractivity contribution >= 4 is 28.9 Å². The van der Waals surface area contributed by atoms with Crippen molar-refractivity contribution in [1.82, 2.24) is 4.90 Å². The minimum atomic E-state index is 0.590. The van der Waals surface area contributed by atoms with E-state index in [9.17, 15) is 0 Å². The molecule has 0 aromatic heterocycles. The van der Waals surface area contributed by atoms with Crippen molar-refractivity contribution in [1.29, 1.82) is 0 Å². The molecule has 20 heavy (non-hydrogen) atoms. The molecule has 106 valence electrons. The highest BCUT2D eigenvalue weighted by Gasteiger charge is 2.06. The molecule has 2 aromatic carbocycles. The molecule has 0 atom stereocenters. The minimum Gasteiger partial charge on any atom is -0.381 e. The Hall–Kier alpha value is -1.22. The maximum absolute atomic E-state index is 6.20. The second kappa shape index (κ2) is 6.98. The molecule has 0 spiro atoms. The summed E-state index contributed by atoms with van der Waals surface area (Å²) >= 11 is 12.2. The van der Waals surface area contributed by atoms with Crippen LogP contribution in [0.3, 0.4) is 0 Å². The predicted molar refractivity (Wildman–Crippen MR) is 87.6 cm³/mol.